The Kier molecular flexibility index (Phi) is 3.09. The Labute approximate surface area is 71.1 Å². The van der Waals surface area contributed by atoms with E-state index in [2.05, 4.69) is 10.9 Å². The van der Waals surface area contributed by atoms with Gasteiger partial charge < -0.3 is 0 Å². The van der Waals surface area contributed by atoms with Crippen LogP contribution in [0.4, 0.5) is 0 Å². The minimum atomic E-state index is -0.213. The molecule has 62 valence electrons. The maximum Gasteiger partial charge on any atom is 0.347 e. The van der Waals surface area contributed by atoms with Gasteiger partial charge >= 0.3 is 5.69 Å². The zero-order chi connectivity index (χ0) is 8.81. The van der Waals surface area contributed by atoms with Crippen molar-refractivity contribution in [1.29, 1.82) is 0 Å². The molecule has 0 aliphatic heterocycles. The molecule has 0 radical (unpaired) electrons. The van der Waals surface area contributed by atoms with Crippen LogP contribution in [-0.4, -0.2) is 9.55 Å². The van der Waals surface area contributed by atoms with Crippen molar-refractivity contribution in [3.63, 3.8) is 0 Å². The Balaban J connectivity index is 2.59. The van der Waals surface area contributed by atoms with Gasteiger partial charge in [0.1, 0.15) is 0 Å². The smallest absolute Gasteiger partial charge is 0.299 e. The van der Waals surface area contributed by atoms with Gasteiger partial charge in [-0.15, -0.1) is 12.3 Å². The van der Waals surface area contributed by atoms with E-state index in [-0.39, 0.29) is 5.69 Å². The molecule has 12 heavy (non-hydrogen) atoms. The summed E-state index contributed by atoms with van der Waals surface area (Å²) in [5.41, 5.74) is -0.213. The molecule has 0 saturated heterocycles. The zero-order valence-corrected chi connectivity index (χ0v) is 6.73. The van der Waals surface area contributed by atoms with Crippen molar-refractivity contribution in [1.82, 2.24) is 9.55 Å². The van der Waals surface area contributed by atoms with Gasteiger partial charge in [-0.25, -0.2) is 9.78 Å². The van der Waals surface area contributed by atoms with Crippen LogP contribution in [0.5, 0.6) is 0 Å². The summed E-state index contributed by atoms with van der Waals surface area (Å²) in [4.78, 5) is 14.6. The summed E-state index contributed by atoms with van der Waals surface area (Å²) in [6.45, 7) is 0.650. The molecular formula is C9H10N2O. The number of nitrogens with zero attached hydrogens (tertiary/aromatic N) is 2. The Bertz CT molecular complexity index is 335. The molecular weight excluding hydrogens is 152 g/mol. The van der Waals surface area contributed by atoms with E-state index in [1.54, 1.807) is 16.8 Å². The fourth-order valence-corrected chi connectivity index (χ4v) is 0.909. The predicted molar refractivity (Wildman–Crippen MR) is 46.6 cm³/mol. The molecule has 0 amide bonds. The lowest BCUT2D eigenvalue weighted by atomic mass is 10.3. The molecule has 0 bridgehead atoms. The fraction of sp³-hybridized carbons (Fsp3) is 0.333. The normalized spacial score (nSPS) is 9.25. The summed E-state index contributed by atoms with van der Waals surface area (Å²) in [5.74, 6) is 2.52. The van der Waals surface area contributed by atoms with Crippen molar-refractivity contribution < 1.29 is 0 Å². The lowest BCUT2D eigenvalue weighted by molar-refractivity contribution is 0.617. The highest BCUT2D eigenvalue weighted by Crippen LogP contribution is 1.89. The van der Waals surface area contributed by atoms with Gasteiger partial charge in [0.15, 0.2) is 0 Å². The molecule has 1 aromatic rings. The monoisotopic (exact) mass is 162 g/mol. The SMILES string of the molecule is C#CCCCn1cccnc1=O. The van der Waals surface area contributed by atoms with Crippen molar-refractivity contribution in [2.24, 2.45) is 0 Å². The molecule has 0 aromatic carbocycles. The second-order valence-electron chi connectivity index (χ2n) is 2.40. The minimum Gasteiger partial charge on any atom is -0.299 e. The average molecular weight is 162 g/mol. The van der Waals surface area contributed by atoms with E-state index >= 15 is 0 Å². The van der Waals surface area contributed by atoms with Crippen molar-refractivity contribution in [2.75, 3.05) is 0 Å². The predicted octanol–water partition coefficient (Wildman–Crippen LogP) is 0.657. The van der Waals surface area contributed by atoms with Crippen molar-refractivity contribution in [3.8, 4) is 12.3 Å². The van der Waals surface area contributed by atoms with Gasteiger partial charge in [0.25, 0.3) is 0 Å². The number of terminal acetylenes is 1. The molecule has 1 aromatic heterocycles. The quantitative estimate of drug-likeness (QED) is 0.483. The van der Waals surface area contributed by atoms with Crippen LogP contribution in [0.25, 0.3) is 0 Å². The van der Waals surface area contributed by atoms with E-state index in [1.807, 2.05) is 0 Å². The number of unbranched alkanes of at least 4 members (excludes halogenated alkanes) is 1. The summed E-state index contributed by atoms with van der Waals surface area (Å²) in [7, 11) is 0. The van der Waals surface area contributed by atoms with Crippen LogP contribution in [0.2, 0.25) is 0 Å². The van der Waals surface area contributed by atoms with E-state index in [0.717, 1.165) is 6.42 Å². The van der Waals surface area contributed by atoms with Crippen LogP contribution in [0.15, 0.2) is 23.3 Å². The van der Waals surface area contributed by atoms with Crippen LogP contribution in [0, 0.1) is 12.3 Å². The van der Waals surface area contributed by atoms with Gasteiger partial charge in [0.05, 0.1) is 0 Å². The zero-order valence-electron chi connectivity index (χ0n) is 6.73. The maximum atomic E-state index is 11.0. The molecule has 0 fully saturated rings. The number of aromatic nitrogens is 2. The number of aryl methyl sites for hydroxylation is 1. The summed E-state index contributed by atoms with van der Waals surface area (Å²) in [6.07, 6.45) is 9.80. The van der Waals surface area contributed by atoms with E-state index in [4.69, 9.17) is 6.42 Å². The van der Waals surface area contributed by atoms with Crippen molar-refractivity contribution in [2.45, 2.75) is 19.4 Å². The van der Waals surface area contributed by atoms with Crippen LogP contribution in [0.3, 0.4) is 0 Å². The minimum absolute atomic E-state index is 0.213. The summed E-state index contributed by atoms with van der Waals surface area (Å²) >= 11 is 0. The first-order valence-corrected chi connectivity index (χ1v) is 3.79. The topological polar surface area (TPSA) is 34.9 Å². The molecule has 3 heteroatoms. The highest BCUT2D eigenvalue weighted by molar-refractivity contribution is 4.84. The molecule has 0 spiro atoms. The Morgan fingerprint density at radius 1 is 1.67 bits per heavy atom. The third-order valence-electron chi connectivity index (χ3n) is 1.50. The lowest BCUT2D eigenvalue weighted by Gasteiger charge is -2.00. The molecule has 1 heterocycles. The average Bonchev–Trinajstić information content (AvgIpc) is 2.09. The summed E-state index contributed by atoms with van der Waals surface area (Å²) in [6, 6.07) is 1.73. The van der Waals surface area contributed by atoms with Gasteiger partial charge in [0.2, 0.25) is 0 Å². The van der Waals surface area contributed by atoms with Gasteiger partial charge in [-0.05, 0) is 12.5 Å². The molecule has 0 aliphatic rings. The standard InChI is InChI=1S/C9H10N2O/c1-2-3-4-7-11-8-5-6-10-9(11)12/h1,5-6,8H,3-4,7H2. The second-order valence-corrected chi connectivity index (χ2v) is 2.40. The lowest BCUT2D eigenvalue weighted by Crippen LogP contribution is -2.21. The Morgan fingerprint density at radius 3 is 3.17 bits per heavy atom. The molecule has 3 nitrogen and oxygen atoms in total. The van der Waals surface area contributed by atoms with Crippen molar-refractivity contribution in [3.05, 3.63) is 28.9 Å². The highest BCUT2D eigenvalue weighted by atomic mass is 16.1. The van der Waals surface area contributed by atoms with Crippen molar-refractivity contribution >= 4 is 0 Å². The van der Waals surface area contributed by atoms with E-state index in [0.29, 0.717) is 13.0 Å². The number of hydrogen-bond acceptors (Lipinski definition) is 2. The second kappa shape index (κ2) is 4.35. The van der Waals surface area contributed by atoms with Crippen LogP contribution in [0.1, 0.15) is 12.8 Å². The van der Waals surface area contributed by atoms with Gasteiger partial charge in [0, 0.05) is 25.4 Å². The van der Waals surface area contributed by atoms with E-state index in [1.165, 1.54) is 6.20 Å². The largest absolute Gasteiger partial charge is 0.347 e. The molecule has 0 atom stereocenters. The summed E-state index contributed by atoms with van der Waals surface area (Å²) in [5, 5.41) is 0. The number of rotatable bonds is 3. The van der Waals surface area contributed by atoms with Crippen LogP contribution >= 0.6 is 0 Å². The third kappa shape index (κ3) is 2.24. The van der Waals surface area contributed by atoms with Crippen LogP contribution < -0.4 is 5.69 Å². The first-order valence-electron chi connectivity index (χ1n) is 3.79. The number of hydrogen-bond donors (Lipinski definition) is 0. The van der Waals surface area contributed by atoms with Crippen LogP contribution in [-0.2, 0) is 6.54 Å². The molecule has 1 rings (SSSR count). The summed E-state index contributed by atoms with van der Waals surface area (Å²) < 4.78 is 1.55. The first-order chi connectivity index (χ1) is 5.84. The highest BCUT2D eigenvalue weighted by Gasteiger charge is 1.92. The van der Waals surface area contributed by atoms with E-state index < -0.39 is 0 Å². The third-order valence-corrected chi connectivity index (χ3v) is 1.50. The Morgan fingerprint density at radius 2 is 2.50 bits per heavy atom. The molecule has 0 unspecified atom stereocenters. The molecule has 0 N–H and O–H groups in total. The van der Waals surface area contributed by atoms with Gasteiger partial charge in [-0.1, -0.05) is 0 Å². The van der Waals surface area contributed by atoms with Gasteiger partial charge in [-0.2, -0.15) is 0 Å². The fourth-order valence-electron chi connectivity index (χ4n) is 0.909. The molecule has 0 aliphatic carbocycles. The van der Waals surface area contributed by atoms with Gasteiger partial charge in [-0.3, -0.25) is 4.57 Å². The van der Waals surface area contributed by atoms with E-state index in [9.17, 15) is 4.79 Å². The first kappa shape index (κ1) is 8.54. The maximum absolute atomic E-state index is 11.0. The Hall–Kier alpha value is -1.56. The molecule has 0 saturated carbocycles.